The smallest absolute Gasteiger partial charge is 0.340 e. The largest absolute Gasteiger partial charge is 0.465 e. The monoisotopic (exact) mass is 432 g/mol. The molecule has 32 heavy (non-hydrogen) atoms. The predicted octanol–water partition coefficient (Wildman–Crippen LogP) is 5.64. The Morgan fingerprint density at radius 2 is 1.88 bits per heavy atom. The molecule has 1 aliphatic heterocycles. The minimum atomic E-state index is -0.372. The summed E-state index contributed by atoms with van der Waals surface area (Å²) in [7, 11) is 1.40. The fraction of sp³-hybridized carbons (Fsp3) is 0.346. The summed E-state index contributed by atoms with van der Waals surface area (Å²) in [5.41, 5.74) is 5.00. The highest BCUT2D eigenvalue weighted by Crippen LogP contribution is 2.54. The quantitative estimate of drug-likeness (QED) is 0.511. The van der Waals surface area contributed by atoms with E-state index in [1.165, 1.54) is 7.11 Å². The van der Waals surface area contributed by atoms with Gasteiger partial charge in [0.25, 0.3) is 0 Å². The van der Waals surface area contributed by atoms with E-state index in [4.69, 9.17) is 14.2 Å². The lowest BCUT2D eigenvalue weighted by atomic mass is 9.92. The third kappa shape index (κ3) is 3.30. The number of allylic oxidation sites excluding steroid dienone is 1. The van der Waals surface area contributed by atoms with Crippen LogP contribution >= 0.6 is 0 Å². The van der Waals surface area contributed by atoms with E-state index < -0.39 is 0 Å². The first kappa shape index (κ1) is 20.5. The van der Waals surface area contributed by atoms with Gasteiger partial charge in [-0.3, -0.25) is 0 Å². The summed E-state index contributed by atoms with van der Waals surface area (Å²) in [5.74, 6) is 1.18. The second kappa shape index (κ2) is 7.05. The molecule has 1 saturated carbocycles. The molecule has 0 unspecified atom stereocenters. The molecule has 2 aromatic carbocycles. The molecule has 0 bridgehead atoms. The Kier molecular flexibility index (Phi) is 4.52. The molecule has 1 aliphatic carbocycles. The Morgan fingerprint density at radius 3 is 2.56 bits per heavy atom. The first-order valence-corrected chi connectivity index (χ1v) is 10.8. The molecule has 5 rings (SSSR count). The van der Waals surface area contributed by atoms with Gasteiger partial charge in [-0.25, -0.2) is 4.79 Å². The minimum absolute atomic E-state index is 0.0684. The zero-order valence-electron chi connectivity index (χ0n) is 18.9. The van der Waals surface area contributed by atoms with Crippen molar-refractivity contribution in [2.24, 2.45) is 0 Å². The molecule has 6 nitrogen and oxygen atoms in total. The normalized spacial score (nSPS) is 16.1. The average molecular weight is 433 g/mol. The van der Waals surface area contributed by atoms with Crippen LogP contribution in [0.1, 0.15) is 55.2 Å². The fourth-order valence-electron chi connectivity index (χ4n) is 4.37. The van der Waals surface area contributed by atoms with Crippen LogP contribution in [-0.4, -0.2) is 24.9 Å². The molecule has 0 saturated heterocycles. The molecule has 0 spiro atoms. The first-order chi connectivity index (χ1) is 15.2. The van der Waals surface area contributed by atoms with Gasteiger partial charge in [-0.15, -0.1) is 0 Å². The SMILES string of the molecule is C=C(Nc1cc(C(=O)OC)c2[nH]c(C(C)(C)C)cc2c1)C1(c2ccc3c(c2)OCO3)CC1. The maximum atomic E-state index is 12.5. The number of carbonyl (C=O) groups is 1. The molecule has 3 aromatic rings. The molecule has 2 aliphatic rings. The first-order valence-electron chi connectivity index (χ1n) is 10.8. The number of nitrogens with one attached hydrogen (secondary N) is 2. The van der Waals surface area contributed by atoms with E-state index >= 15 is 0 Å². The Morgan fingerprint density at radius 1 is 1.12 bits per heavy atom. The van der Waals surface area contributed by atoms with E-state index in [2.05, 4.69) is 55.9 Å². The van der Waals surface area contributed by atoms with Crippen molar-refractivity contribution in [3.63, 3.8) is 0 Å². The average Bonchev–Trinajstić information content (AvgIpc) is 3.23. The van der Waals surface area contributed by atoms with E-state index in [0.29, 0.717) is 5.56 Å². The van der Waals surface area contributed by atoms with Crippen molar-refractivity contribution < 1.29 is 19.0 Å². The fourth-order valence-corrected chi connectivity index (χ4v) is 4.37. The molecular formula is C26H28N2O4. The number of methoxy groups -OCH3 is 1. The summed E-state index contributed by atoms with van der Waals surface area (Å²) in [6, 6.07) is 12.1. The van der Waals surface area contributed by atoms with E-state index in [0.717, 1.165) is 57.9 Å². The van der Waals surface area contributed by atoms with Crippen LogP contribution in [0.15, 0.2) is 48.7 Å². The van der Waals surface area contributed by atoms with Crippen molar-refractivity contribution in [1.29, 1.82) is 0 Å². The van der Waals surface area contributed by atoms with Crippen molar-refractivity contribution >= 4 is 22.6 Å². The van der Waals surface area contributed by atoms with Crippen LogP contribution in [0, 0.1) is 0 Å². The van der Waals surface area contributed by atoms with Gasteiger partial charge in [0.05, 0.1) is 18.2 Å². The van der Waals surface area contributed by atoms with Crippen LogP contribution in [0.5, 0.6) is 11.5 Å². The predicted molar refractivity (Wildman–Crippen MR) is 125 cm³/mol. The van der Waals surface area contributed by atoms with Gasteiger partial charge in [0, 0.05) is 33.3 Å². The van der Waals surface area contributed by atoms with Gasteiger partial charge in [0.1, 0.15) is 0 Å². The van der Waals surface area contributed by atoms with Gasteiger partial charge < -0.3 is 24.5 Å². The molecule has 0 atom stereocenters. The lowest BCUT2D eigenvalue weighted by Crippen LogP contribution is -2.16. The number of aromatic nitrogens is 1. The van der Waals surface area contributed by atoms with Gasteiger partial charge in [-0.05, 0) is 48.7 Å². The summed E-state index contributed by atoms with van der Waals surface area (Å²) in [6.45, 7) is 11.0. The number of anilines is 1. The van der Waals surface area contributed by atoms with Crippen LogP contribution in [0.4, 0.5) is 5.69 Å². The highest BCUT2D eigenvalue weighted by molar-refractivity contribution is 6.05. The number of ether oxygens (including phenoxy) is 3. The standard InChI is InChI=1S/C26H28N2O4/c1-15(26(8-9-26)17-6-7-20-21(12-17)32-14-31-20)27-18-10-16-11-22(25(2,3)4)28-23(16)19(13-18)24(29)30-5/h6-7,10-13,27-28H,1,8-9,14H2,2-5H3. The maximum absolute atomic E-state index is 12.5. The summed E-state index contributed by atoms with van der Waals surface area (Å²) >= 11 is 0. The summed E-state index contributed by atoms with van der Waals surface area (Å²) < 4.78 is 16.1. The lowest BCUT2D eigenvalue weighted by molar-refractivity contribution is 0.0603. The number of esters is 1. The molecule has 0 amide bonds. The topological polar surface area (TPSA) is 72.6 Å². The van der Waals surface area contributed by atoms with Crippen LogP contribution in [0.2, 0.25) is 0 Å². The Balaban J connectivity index is 1.49. The second-order valence-electron chi connectivity index (χ2n) is 9.67. The Bertz CT molecular complexity index is 1240. The number of hydrogen-bond acceptors (Lipinski definition) is 5. The minimum Gasteiger partial charge on any atom is -0.465 e. The van der Waals surface area contributed by atoms with E-state index in [1.54, 1.807) is 0 Å². The molecular weight excluding hydrogens is 404 g/mol. The van der Waals surface area contributed by atoms with Crippen molar-refractivity contribution in [3.8, 4) is 11.5 Å². The number of aromatic amines is 1. The molecule has 6 heteroatoms. The van der Waals surface area contributed by atoms with Gasteiger partial charge in [-0.1, -0.05) is 33.4 Å². The van der Waals surface area contributed by atoms with Crippen molar-refractivity contribution in [2.75, 3.05) is 19.2 Å². The van der Waals surface area contributed by atoms with E-state index in [9.17, 15) is 4.79 Å². The van der Waals surface area contributed by atoms with Gasteiger partial charge >= 0.3 is 5.97 Å². The summed E-state index contributed by atoms with van der Waals surface area (Å²) in [6.07, 6.45) is 2.01. The molecule has 166 valence electrons. The van der Waals surface area contributed by atoms with E-state index in [-0.39, 0.29) is 23.6 Å². The Labute approximate surface area is 187 Å². The Hall–Kier alpha value is -3.41. The highest BCUT2D eigenvalue weighted by atomic mass is 16.7. The summed E-state index contributed by atoms with van der Waals surface area (Å²) in [5, 5.41) is 4.44. The number of benzene rings is 2. The number of carbonyl (C=O) groups excluding carboxylic acids is 1. The third-order valence-electron chi connectivity index (χ3n) is 6.49. The van der Waals surface area contributed by atoms with Crippen LogP contribution in [-0.2, 0) is 15.6 Å². The lowest BCUT2D eigenvalue weighted by Gasteiger charge is -2.21. The second-order valence-corrected chi connectivity index (χ2v) is 9.67. The van der Waals surface area contributed by atoms with E-state index in [1.807, 2.05) is 18.2 Å². The number of hydrogen-bond donors (Lipinski definition) is 2. The summed E-state index contributed by atoms with van der Waals surface area (Å²) in [4.78, 5) is 16.0. The zero-order valence-corrected chi connectivity index (χ0v) is 18.9. The molecule has 1 fully saturated rings. The van der Waals surface area contributed by atoms with Crippen LogP contribution in [0.25, 0.3) is 10.9 Å². The van der Waals surface area contributed by atoms with Crippen LogP contribution in [0.3, 0.4) is 0 Å². The van der Waals surface area contributed by atoms with Gasteiger partial charge in [0.2, 0.25) is 6.79 Å². The van der Waals surface area contributed by atoms with Crippen molar-refractivity contribution in [1.82, 2.24) is 4.98 Å². The van der Waals surface area contributed by atoms with Gasteiger partial charge in [0.15, 0.2) is 11.5 Å². The third-order valence-corrected chi connectivity index (χ3v) is 6.49. The van der Waals surface area contributed by atoms with Crippen molar-refractivity contribution in [3.05, 3.63) is 65.5 Å². The molecule has 2 heterocycles. The van der Waals surface area contributed by atoms with Crippen LogP contribution < -0.4 is 14.8 Å². The molecule has 1 aromatic heterocycles. The van der Waals surface area contributed by atoms with Crippen molar-refractivity contribution in [2.45, 2.75) is 44.4 Å². The van der Waals surface area contributed by atoms with Gasteiger partial charge in [-0.2, -0.15) is 0 Å². The zero-order chi connectivity index (χ0) is 22.7. The maximum Gasteiger partial charge on any atom is 0.340 e. The number of H-pyrrole nitrogens is 1. The number of fused-ring (bicyclic) bond motifs is 2. The molecule has 0 radical (unpaired) electrons. The highest BCUT2D eigenvalue weighted by Gasteiger charge is 2.47. The number of rotatable bonds is 5. The molecule has 2 N–H and O–H groups in total.